The van der Waals surface area contributed by atoms with Crippen molar-refractivity contribution < 1.29 is 23.3 Å². The average Bonchev–Trinajstić information content (AvgIpc) is 2.81. The van der Waals surface area contributed by atoms with Gasteiger partial charge in [0.2, 0.25) is 0 Å². The van der Waals surface area contributed by atoms with E-state index >= 15 is 0 Å². The Kier molecular flexibility index (Phi) is 10.6. The van der Waals surface area contributed by atoms with E-state index in [1.54, 1.807) is 33.5 Å². The molecule has 0 unspecified atom stereocenters. The summed E-state index contributed by atoms with van der Waals surface area (Å²) in [4.78, 5) is 0. The summed E-state index contributed by atoms with van der Waals surface area (Å²) in [6.45, 7) is 1.48. The Bertz CT molecular complexity index is 1030. The number of benzene rings is 3. The first kappa shape index (κ1) is 26.6. The van der Waals surface area contributed by atoms with Crippen molar-refractivity contribution in [2.24, 2.45) is 0 Å². The van der Waals surface area contributed by atoms with Crippen molar-refractivity contribution >= 4 is 24.0 Å². The van der Waals surface area contributed by atoms with Crippen molar-refractivity contribution in [3.63, 3.8) is 0 Å². The lowest BCUT2D eigenvalue weighted by Crippen LogP contribution is -2.16. The highest BCUT2D eigenvalue weighted by Crippen LogP contribution is 2.30. The van der Waals surface area contributed by atoms with Gasteiger partial charge in [-0.25, -0.2) is 4.39 Å². The SMILES string of the molecule is COc1ccc(CCNCc2ccc(OCc3c(F)cccc3Cl)c(OC)c2)cc1OC.Cl. The van der Waals surface area contributed by atoms with Gasteiger partial charge in [0, 0.05) is 12.1 Å². The maximum Gasteiger partial charge on any atom is 0.161 e. The fraction of sp³-hybridized carbons (Fsp3) is 0.280. The molecule has 5 nitrogen and oxygen atoms in total. The van der Waals surface area contributed by atoms with Crippen LogP contribution in [0.2, 0.25) is 5.02 Å². The Labute approximate surface area is 205 Å². The van der Waals surface area contributed by atoms with Crippen molar-refractivity contribution in [1.82, 2.24) is 5.32 Å². The minimum absolute atomic E-state index is 0. The maximum absolute atomic E-state index is 14.0. The topological polar surface area (TPSA) is 49.0 Å². The van der Waals surface area contributed by atoms with Crippen molar-refractivity contribution in [3.8, 4) is 23.0 Å². The Morgan fingerprint density at radius 1 is 0.818 bits per heavy atom. The van der Waals surface area contributed by atoms with E-state index in [9.17, 15) is 4.39 Å². The van der Waals surface area contributed by atoms with Gasteiger partial charge in [-0.05, 0) is 60.5 Å². The molecule has 0 heterocycles. The summed E-state index contributed by atoms with van der Waals surface area (Å²) in [5.41, 5.74) is 2.52. The highest BCUT2D eigenvalue weighted by molar-refractivity contribution is 6.31. The number of hydrogen-bond donors (Lipinski definition) is 1. The Morgan fingerprint density at radius 2 is 1.45 bits per heavy atom. The predicted octanol–water partition coefficient (Wildman–Crippen LogP) is 5.84. The minimum atomic E-state index is -0.397. The zero-order valence-corrected chi connectivity index (χ0v) is 20.4. The van der Waals surface area contributed by atoms with Gasteiger partial charge in [0.05, 0.1) is 26.4 Å². The van der Waals surface area contributed by atoms with E-state index in [1.807, 2.05) is 36.4 Å². The van der Waals surface area contributed by atoms with Gasteiger partial charge >= 0.3 is 0 Å². The quantitative estimate of drug-likeness (QED) is 0.338. The van der Waals surface area contributed by atoms with Crippen LogP contribution in [0.25, 0.3) is 0 Å². The Morgan fingerprint density at radius 3 is 2.15 bits per heavy atom. The second-order valence-corrected chi connectivity index (χ2v) is 7.50. The lowest BCUT2D eigenvalue weighted by atomic mass is 10.1. The van der Waals surface area contributed by atoms with Crippen LogP contribution in [-0.4, -0.2) is 27.9 Å². The Balaban J connectivity index is 0.00000385. The van der Waals surface area contributed by atoms with Gasteiger partial charge in [0.15, 0.2) is 23.0 Å². The lowest BCUT2D eigenvalue weighted by Gasteiger charge is -2.14. The summed E-state index contributed by atoms with van der Waals surface area (Å²) in [6, 6.07) is 16.2. The normalized spacial score (nSPS) is 10.3. The van der Waals surface area contributed by atoms with Gasteiger partial charge in [-0.2, -0.15) is 0 Å². The van der Waals surface area contributed by atoms with Gasteiger partial charge in [0.1, 0.15) is 12.4 Å². The monoisotopic (exact) mass is 495 g/mol. The molecule has 3 aromatic rings. The van der Waals surface area contributed by atoms with E-state index in [0.29, 0.717) is 28.6 Å². The highest BCUT2D eigenvalue weighted by Gasteiger charge is 2.11. The predicted molar refractivity (Wildman–Crippen MR) is 131 cm³/mol. The van der Waals surface area contributed by atoms with Crippen LogP contribution in [0.3, 0.4) is 0 Å². The second kappa shape index (κ2) is 13.1. The van der Waals surface area contributed by atoms with Crippen LogP contribution < -0.4 is 24.3 Å². The van der Waals surface area contributed by atoms with Gasteiger partial charge in [-0.15, -0.1) is 12.4 Å². The summed E-state index contributed by atoms with van der Waals surface area (Å²) in [6.07, 6.45) is 0.849. The maximum atomic E-state index is 14.0. The molecule has 0 amide bonds. The molecule has 0 spiro atoms. The summed E-state index contributed by atoms with van der Waals surface area (Å²) in [7, 11) is 4.83. The first-order valence-electron chi connectivity index (χ1n) is 10.2. The summed E-state index contributed by atoms with van der Waals surface area (Å²) in [5.74, 6) is 2.15. The van der Waals surface area contributed by atoms with E-state index in [4.69, 9.17) is 30.5 Å². The number of methoxy groups -OCH3 is 3. The molecule has 0 atom stereocenters. The van der Waals surface area contributed by atoms with E-state index < -0.39 is 5.82 Å². The first-order valence-corrected chi connectivity index (χ1v) is 10.6. The zero-order chi connectivity index (χ0) is 22.9. The third-order valence-electron chi connectivity index (χ3n) is 5.03. The van der Waals surface area contributed by atoms with Crippen LogP contribution in [-0.2, 0) is 19.6 Å². The third-order valence-corrected chi connectivity index (χ3v) is 5.38. The number of rotatable bonds is 11. The highest BCUT2D eigenvalue weighted by atomic mass is 35.5. The van der Waals surface area contributed by atoms with Crippen LogP contribution in [0.1, 0.15) is 16.7 Å². The second-order valence-electron chi connectivity index (χ2n) is 7.09. The molecule has 3 aromatic carbocycles. The van der Waals surface area contributed by atoms with Crippen LogP contribution in [0.5, 0.6) is 23.0 Å². The molecular weight excluding hydrogens is 468 g/mol. The van der Waals surface area contributed by atoms with E-state index in [-0.39, 0.29) is 19.0 Å². The standard InChI is InChI=1S/C25H27ClFNO4.ClH/c1-29-22-9-7-17(13-24(22)30-2)11-12-28-15-18-8-10-23(25(14-18)31-3)32-16-19-20(26)5-4-6-21(19)27;/h4-10,13-14,28H,11-12,15-16H2,1-3H3;1H. The fourth-order valence-electron chi connectivity index (χ4n) is 3.26. The van der Waals surface area contributed by atoms with Crippen LogP contribution in [0.15, 0.2) is 54.6 Å². The molecule has 0 aliphatic rings. The molecule has 0 radical (unpaired) electrons. The molecule has 0 aliphatic heterocycles. The van der Waals surface area contributed by atoms with Crippen molar-refractivity contribution in [2.45, 2.75) is 19.6 Å². The first-order chi connectivity index (χ1) is 15.5. The molecule has 0 fully saturated rings. The van der Waals surface area contributed by atoms with Crippen LogP contribution in [0.4, 0.5) is 4.39 Å². The van der Waals surface area contributed by atoms with Crippen molar-refractivity contribution in [2.75, 3.05) is 27.9 Å². The fourth-order valence-corrected chi connectivity index (χ4v) is 3.48. The molecule has 1 N–H and O–H groups in total. The van der Waals surface area contributed by atoms with Gasteiger partial charge < -0.3 is 24.3 Å². The number of halogens is 3. The Hall–Kier alpha value is -2.67. The smallest absolute Gasteiger partial charge is 0.161 e. The lowest BCUT2D eigenvalue weighted by molar-refractivity contribution is 0.279. The molecular formula is C25H28Cl2FNO4. The van der Waals surface area contributed by atoms with E-state index in [2.05, 4.69) is 5.32 Å². The van der Waals surface area contributed by atoms with Crippen molar-refractivity contribution in [1.29, 1.82) is 0 Å². The van der Waals surface area contributed by atoms with Crippen molar-refractivity contribution in [3.05, 3.63) is 82.1 Å². The number of nitrogens with one attached hydrogen (secondary N) is 1. The van der Waals surface area contributed by atoms with Crippen LogP contribution in [0, 0.1) is 5.82 Å². The van der Waals surface area contributed by atoms with Gasteiger partial charge in [-0.1, -0.05) is 29.8 Å². The third kappa shape index (κ3) is 7.16. The summed E-state index contributed by atoms with van der Waals surface area (Å²) < 4.78 is 35.8. The summed E-state index contributed by atoms with van der Waals surface area (Å²) in [5, 5.41) is 3.76. The number of ether oxygens (including phenoxy) is 4. The molecule has 0 saturated carbocycles. The van der Waals surface area contributed by atoms with Gasteiger partial charge in [-0.3, -0.25) is 0 Å². The summed E-state index contributed by atoms with van der Waals surface area (Å²) >= 11 is 6.07. The molecule has 33 heavy (non-hydrogen) atoms. The molecule has 0 saturated heterocycles. The molecule has 178 valence electrons. The molecule has 0 bridgehead atoms. The van der Waals surface area contributed by atoms with E-state index in [0.717, 1.165) is 35.6 Å². The molecule has 0 aliphatic carbocycles. The molecule has 3 rings (SSSR count). The zero-order valence-electron chi connectivity index (χ0n) is 18.8. The van der Waals surface area contributed by atoms with Gasteiger partial charge in [0.25, 0.3) is 0 Å². The van der Waals surface area contributed by atoms with Crippen LogP contribution >= 0.6 is 24.0 Å². The largest absolute Gasteiger partial charge is 0.493 e. The van der Waals surface area contributed by atoms with E-state index in [1.165, 1.54) is 6.07 Å². The molecule has 0 aromatic heterocycles. The molecule has 8 heteroatoms. The number of hydrogen-bond acceptors (Lipinski definition) is 5. The minimum Gasteiger partial charge on any atom is -0.493 e. The average molecular weight is 496 g/mol.